The third-order valence-corrected chi connectivity index (χ3v) is 10.1. The first-order chi connectivity index (χ1) is 28.2. The summed E-state index contributed by atoms with van der Waals surface area (Å²) in [6, 6.07) is 15.9. The van der Waals surface area contributed by atoms with Gasteiger partial charge < -0.3 is 90.7 Å². The number of aliphatic hydroxyl groups is 6. The molecule has 2 saturated heterocycles. The third kappa shape index (κ3) is 8.34. The Morgan fingerprint density at radius 2 is 1.78 bits per heavy atom. The molecule has 14 N–H and O–H groups in total. The second-order valence-electron chi connectivity index (χ2n) is 14.1. The van der Waals surface area contributed by atoms with Crippen molar-refractivity contribution in [3.05, 3.63) is 94.3 Å². The van der Waals surface area contributed by atoms with E-state index in [9.17, 15) is 55.5 Å². The van der Waals surface area contributed by atoms with Gasteiger partial charge in [-0.1, -0.05) is 12.1 Å². The number of rotatable bonds is 14. The quantitative estimate of drug-likeness (QED) is 0.0649. The molecule has 59 heavy (non-hydrogen) atoms. The number of nitrogens with one attached hydrogen (secondary N) is 3. The minimum atomic E-state index is -2.51. The molecule has 2 aliphatic rings. The van der Waals surface area contributed by atoms with Crippen LogP contribution in [0.3, 0.4) is 0 Å². The van der Waals surface area contributed by atoms with Crippen molar-refractivity contribution in [2.24, 2.45) is 0 Å². The van der Waals surface area contributed by atoms with Crippen molar-refractivity contribution in [3.63, 3.8) is 0 Å². The first-order valence-corrected chi connectivity index (χ1v) is 18.2. The van der Waals surface area contributed by atoms with Crippen molar-refractivity contribution in [1.82, 2.24) is 15.6 Å². The van der Waals surface area contributed by atoms with Crippen LogP contribution in [0.15, 0.2) is 82.0 Å². The SMILES string of the molecule is Nc1ccc([C@@H](O)[C@H](CO)Oc2ccc(-c3cc(=O)c4c(O)c(O[C@H](O)c5cccc(O)c5)c(O[C@@H]5O[C@H](C(=O)O)[C@](O)(C[C@H]6CNCN6)[C@@H](O)[C@H]5O)cc4o3)cc2)[nH]1. The van der Waals surface area contributed by atoms with Gasteiger partial charge in [0.2, 0.25) is 18.3 Å². The predicted octanol–water partition coefficient (Wildman–Crippen LogP) is -0.125. The van der Waals surface area contributed by atoms with Gasteiger partial charge >= 0.3 is 5.97 Å². The molecule has 3 aromatic carbocycles. The molecule has 9 atom stereocenters. The van der Waals surface area contributed by atoms with Crippen LogP contribution >= 0.6 is 0 Å². The van der Waals surface area contributed by atoms with Crippen LogP contribution in [-0.4, -0.2) is 119 Å². The molecule has 0 saturated carbocycles. The van der Waals surface area contributed by atoms with E-state index >= 15 is 0 Å². The summed E-state index contributed by atoms with van der Waals surface area (Å²) in [7, 11) is 0. The number of phenols is 2. The molecule has 0 unspecified atom stereocenters. The smallest absolute Gasteiger partial charge is 0.336 e. The highest BCUT2D eigenvalue weighted by Gasteiger charge is 2.59. The number of aliphatic hydroxyl groups excluding tert-OH is 5. The van der Waals surface area contributed by atoms with Crippen LogP contribution in [0.25, 0.3) is 22.3 Å². The Labute approximate surface area is 333 Å². The second-order valence-corrected chi connectivity index (χ2v) is 14.1. The molecule has 2 aliphatic heterocycles. The number of phenolic OH excluding ortho intramolecular Hbond substituents is 2. The number of fused-ring (bicyclic) bond motifs is 1. The number of aromatic nitrogens is 1. The summed E-state index contributed by atoms with van der Waals surface area (Å²) in [5.74, 6) is -3.66. The zero-order chi connectivity index (χ0) is 42.2. The summed E-state index contributed by atoms with van der Waals surface area (Å²) < 4.78 is 28.9. The molecule has 0 amide bonds. The number of ether oxygens (including phenoxy) is 4. The highest BCUT2D eigenvalue weighted by molar-refractivity contribution is 5.89. The normalized spacial score (nSPS) is 24.7. The Morgan fingerprint density at radius 3 is 2.42 bits per heavy atom. The van der Waals surface area contributed by atoms with Crippen molar-refractivity contribution in [2.75, 3.05) is 25.6 Å². The Balaban J connectivity index is 1.23. The van der Waals surface area contributed by atoms with Crippen molar-refractivity contribution < 1.29 is 74.1 Å². The number of aliphatic carboxylic acids is 1. The number of anilines is 1. The maximum Gasteiger partial charge on any atom is 0.336 e. The lowest BCUT2D eigenvalue weighted by molar-refractivity contribution is -0.307. The van der Waals surface area contributed by atoms with Gasteiger partial charge in [-0.25, -0.2) is 4.79 Å². The number of carboxylic acids is 1. The minimum Gasteiger partial charge on any atom is -0.508 e. The fourth-order valence-corrected chi connectivity index (χ4v) is 7.07. The van der Waals surface area contributed by atoms with Crippen LogP contribution in [0.5, 0.6) is 28.7 Å². The number of hydrogen-bond donors (Lipinski definition) is 13. The largest absolute Gasteiger partial charge is 0.508 e. The number of nitrogen functional groups attached to an aromatic ring is 1. The second kappa shape index (κ2) is 16.7. The number of benzene rings is 3. The minimum absolute atomic E-state index is 0.00513. The van der Waals surface area contributed by atoms with Gasteiger partial charge in [0.1, 0.15) is 58.0 Å². The van der Waals surface area contributed by atoms with Crippen molar-refractivity contribution in [3.8, 4) is 40.1 Å². The monoisotopic (exact) mass is 822 g/mol. The summed E-state index contributed by atoms with van der Waals surface area (Å²) >= 11 is 0. The molecular formula is C39H42N4O16. The molecule has 0 aliphatic carbocycles. The van der Waals surface area contributed by atoms with Crippen molar-refractivity contribution in [1.29, 1.82) is 0 Å². The van der Waals surface area contributed by atoms with Gasteiger partial charge in [-0.15, -0.1) is 0 Å². The molecule has 314 valence electrons. The summed E-state index contributed by atoms with van der Waals surface area (Å²) in [5, 5.41) is 103. The summed E-state index contributed by atoms with van der Waals surface area (Å²) in [6.45, 7) is 0.118. The molecule has 20 heteroatoms. The Kier molecular flexibility index (Phi) is 11.7. The molecule has 0 spiro atoms. The van der Waals surface area contributed by atoms with Gasteiger partial charge in [-0.2, -0.15) is 0 Å². The topological polar surface area (TPSA) is 332 Å². The Bertz CT molecular complexity index is 2350. The van der Waals surface area contributed by atoms with Gasteiger partial charge in [0.25, 0.3) is 0 Å². The fraction of sp³-hybridized carbons (Fsp3) is 0.333. The molecule has 5 aromatic rings. The summed E-state index contributed by atoms with van der Waals surface area (Å²) in [5.41, 5.74) is 2.69. The first-order valence-electron chi connectivity index (χ1n) is 18.2. The number of carbonyl (C=O) groups is 1. The van der Waals surface area contributed by atoms with Crippen LogP contribution < -0.4 is 36.0 Å². The average Bonchev–Trinajstić information content (AvgIpc) is 3.89. The molecule has 2 fully saturated rings. The molecule has 2 aromatic heterocycles. The van der Waals surface area contributed by atoms with Crippen LogP contribution in [0.4, 0.5) is 5.82 Å². The number of H-pyrrole nitrogens is 1. The van der Waals surface area contributed by atoms with Crippen LogP contribution in [0.1, 0.15) is 30.1 Å². The molecule has 0 radical (unpaired) electrons. The van der Waals surface area contributed by atoms with Gasteiger partial charge in [-0.05, 0) is 55.0 Å². The average molecular weight is 823 g/mol. The highest BCUT2D eigenvalue weighted by Crippen LogP contribution is 2.46. The Morgan fingerprint density at radius 1 is 1.02 bits per heavy atom. The summed E-state index contributed by atoms with van der Waals surface area (Å²) in [6.07, 6.45) is -13.1. The van der Waals surface area contributed by atoms with E-state index in [-0.39, 0.29) is 34.8 Å². The summed E-state index contributed by atoms with van der Waals surface area (Å²) in [4.78, 5) is 28.8. The predicted molar refractivity (Wildman–Crippen MR) is 203 cm³/mol. The number of aromatic hydroxyl groups is 2. The zero-order valence-corrected chi connectivity index (χ0v) is 30.8. The highest BCUT2D eigenvalue weighted by atomic mass is 16.7. The van der Waals surface area contributed by atoms with E-state index in [4.69, 9.17) is 29.1 Å². The van der Waals surface area contributed by atoms with Crippen LogP contribution in [0.2, 0.25) is 0 Å². The van der Waals surface area contributed by atoms with Crippen LogP contribution in [0, 0.1) is 0 Å². The van der Waals surface area contributed by atoms with Crippen molar-refractivity contribution >= 4 is 22.8 Å². The molecule has 7 rings (SSSR count). The molecule has 4 heterocycles. The fourth-order valence-electron chi connectivity index (χ4n) is 7.07. The van der Waals surface area contributed by atoms with E-state index in [0.29, 0.717) is 30.3 Å². The van der Waals surface area contributed by atoms with Gasteiger partial charge in [0.15, 0.2) is 29.1 Å². The lowest BCUT2D eigenvalue weighted by atomic mass is 9.79. The van der Waals surface area contributed by atoms with Gasteiger partial charge in [-0.3, -0.25) is 4.79 Å². The lowest BCUT2D eigenvalue weighted by Crippen LogP contribution is -2.70. The van der Waals surface area contributed by atoms with E-state index in [1.54, 1.807) is 12.1 Å². The van der Waals surface area contributed by atoms with Crippen LogP contribution in [-0.2, 0) is 9.53 Å². The molecule has 20 nitrogen and oxygen atoms in total. The van der Waals surface area contributed by atoms with Crippen molar-refractivity contribution in [2.45, 2.75) is 61.2 Å². The van der Waals surface area contributed by atoms with E-state index in [1.807, 2.05) is 0 Å². The number of aromatic amines is 1. The van der Waals surface area contributed by atoms with E-state index in [1.165, 1.54) is 42.5 Å². The maximum atomic E-state index is 13.6. The molecule has 0 bridgehead atoms. The van der Waals surface area contributed by atoms with Gasteiger partial charge in [0.05, 0.1) is 6.61 Å². The van der Waals surface area contributed by atoms with Gasteiger partial charge in [0, 0.05) is 48.2 Å². The van der Waals surface area contributed by atoms with E-state index in [2.05, 4.69) is 15.6 Å². The number of nitrogens with two attached hydrogens (primary N) is 1. The zero-order valence-electron chi connectivity index (χ0n) is 30.8. The van der Waals surface area contributed by atoms with E-state index in [0.717, 1.165) is 18.2 Å². The number of hydrogen-bond acceptors (Lipinski definition) is 18. The lowest BCUT2D eigenvalue weighted by Gasteiger charge is -2.47. The third-order valence-electron chi connectivity index (χ3n) is 10.1. The number of carboxylic acid groups (broad SMARTS) is 1. The standard InChI is InChI=1S/C39H42N4O16/c40-28-9-8-22(43-28)30(47)27(15-44)55-21-6-4-17(5-7-21)24-11-23(46)29-25(56-24)12-26(33(31(29)48)58-37(53)18-2-1-3-20(45)10-18)57-38-32(49)34(50)39(54,35(59-38)36(51)52)13-19-14-41-16-42-19/h1-12,19,27,30,32,34-35,37-38,41-45,47-50,53-54H,13-16,40H2,(H,51,52)/t19-,27-,30+,32+,34-,35+,37-,38+,39-/m0/s1. The maximum absolute atomic E-state index is 13.6. The van der Waals surface area contributed by atoms with E-state index < -0.39 is 95.4 Å². The molecular weight excluding hydrogens is 780 g/mol. The Hall–Kier alpha value is -5.94. The first kappa shape index (κ1) is 41.2.